The van der Waals surface area contributed by atoms with E-state index >= 15 is 0 Å². The van der Waals surface area contributed by atoms with Crippen LogP contribution in [0.3, 0.4) is 0 Å². The minimum Gasteiger partial charge on any atom is -0.354 e. The van der Waals surface area contributed by atoms with Gasteiger partial charge in [0.15, 0.2) is 5.65 Å². The fourth-order valence-corrected chi connectivity index (χ4v) is 4.79. The molecule has 1 fully saturated rings. The predicted molar refractivity (Wildman–Crippen MR) is 142 cm³/mol. The van der Waals surface area contributed by atoms with Crippen LogP contribution in [0.2, 0.25) is 0 Å². The molecule has 0 radical (unpaired) electrons. The smallest absolute Gasteiger partial charge is 0.222 e. The van der Waals surface area contributed by atoms with E-state index in [9.17, 15) is 9.18 Å². The molecule has 1 aromatic carbocycles. The van der Waals surface area contributed by atoms with Gasteiger partial charge in [0.25, 0.3) is 0 Å². The van der Waals surface area contributed by atoms with E-state index in [0.29, 0.717) is 18.9 Å². The number of hydrogen-bond acceptors (Lipinski definition) is 5. The average Bonchev–Trinajstić information content (AvgIpc) is 3.03. The first-order valence-electron chi connectivity index (χ1n) is 13.4. The molecule has 1 saturated heterocycles. The molecule has 0 aliphatic carbocycles. The van der Waals surface area contributed by atoms with Gasteiger partial charge < -0.3 is 9.80 Å². The molecule has 8 heteroatoms. The van der Waals surface area contributed by atoms with Crippen LogP contribution in [-0.2, 0) is 11.2 Å². The normalized spacial score (nSPS) is 14.6. The van der Waals surface area contributed by atoms with Crippen molar-refractivity contribution in [2.24, 2.45) is 5.92 Å². The number of benzene rings is 1. The monoisotopic (exact) mass is 494 g/mol. The molecule has 0 bridgehead atoms. The lowest BCUT2D eigenvalue weighted by Crippen LogP contribution is -2.35. The van der Waals surface area contributed by atoms with Crippen molar-refractivity contribution >= 4 is 22.8 Å². The number of rotatable bonds is 9. The van der Waals surface area contributed by atoms with Crippen LogP contribution in [0.4, 0.5) is 10.2 Å². The molecule has 0 spiro atoms. The van der Waals surface area contributed by atoms with Gasteiger partial charge in [-0.05, 0) is 56.4 Å². The number of halogens is 1. The Morgan fingerprint density at radius 2 is 1.83 bits per heavy atom. The highest BCUT2D eigenvalue weighted by Gasteiger charge is 2.25. The number of unbranched alkanes of at least 4 members (excludes halogenated alkanes) is 2. The Balaban J connectivity index is 1.68. The van der Waals surface area contributed by atoms with Crippen LogP contribution >= 0.6 is 0 Å². The number of aromatic nitrogens is 4. The van der Waals surface area contributed by atoms with Crippen molar-refractivity contribution in [1.29, 1.82) is 0 Å². The Kier molecular flexibility index (Phi) is 8.54. The zero-order valence-electron chi connectivity index (χ0n) is 22.1. The lowest BCUT2D eigenvalue weighted by molar-refractivity contribution is -0.131. The van der Waals surface area contributed by atoms with E-state index in [2.05, 4.69) is 25.7 Å². The minimum atomic E-state index is -0.279. The van der Waals surface area contributed by atoms with Crippen LogP contribution in [0.5, 0.6) is 0 Å². The Morgan fingerprint density at radius 3 is 2.56 bits per heavy atom. The number of carbonyl (C=O) groups excluding carboxylic acids is 1. The third-order valence-electron chi connectivity index (χ3n) is 6.89. The topological polar surface area (TPSA) is 67.2 Å². The number of aryl methyl sites for hydroxylation is 2. The number of hydrogen-bond donors (Lipinski definition) is 0. The third-order valence-corrected chi connectivity index (χ3v) is 6.89. The highest BCUT2D eigenvalue weighted by atomic mass is 19.1. The maximum Gasteiger partial charge on any atom is 0.222 e. The van der Waals surface area contributed by atoms with Crippen molar-refractivity contribution in [3.63, 3.8) is 0 Å². The van der Waals surface area contributed by atoms with E-state index in [1.807, 2.05) is 11.8 Å². The summed E-state index contributed by atoms with van der Waals surface area (Å²) in [5.74, 6) is 2.22. The molecule has 1 amide bonds. The average molecular weight is 495 g/mol. The molecule has 0 atom stereocenters. The Labute approximate surface area is 213 Å². The summed E-state index contributed by atoms with van der Waals surface area (Å²) in [6.07, 6.45) is 6.49. The maximum atomic E-state index is 13.6. The molecule has 0 saturated carbocycles. The molecule has 4 rings (SSSR count). The fraction of sp³-hybridized carbons (Fsp3) is 0.571. The summed E-state index contributed by atoms with van der Waals surface area (Å²) in [7, 11) is 0. The largest absolute Gasteiger partial charge is 0.354 e. The van der Waals surface area contributed by atoms with Crippen LogP contribution in [0.15, 0.2) is 24.3 Å². The van der Waals surface area contributed by atoms with Gasteiger partial charge in [-0.1, -0.05) is 33.6 Å². The second-order valence-electron chi connectivity index (χ2n) is 10.2. The van der Waals surface area contributed by atoms with Crippen molar-refractivity contribution < 1.29 is 9.18 Å². The number of amides is 1. The summed E-state index contributed by atoms with van der Waals surface area (Å²) in [5, 5.41) is 5.72. The lowest BCUT2D eigenvalue weighted by Gasteiger charge is -2.24. The summed E-state index contributed by atoms with van der Waals surface area (Å²) in [4.78, 5) is 27.1. The van der Waals surface area contributed by atoms with Crippen LogP contribution in [-0.4, -0.2) is 56.7 Å². The van der Waals surface area contributed by atoms with Crippen LogP contribution in [0, 0.1) is 18.7 Å². The first kappa shape index (κ1) is 26.0. The molecule has 36 heavy (non-hydrogen) atoms. The predicted octanol–water partition coefficient (Wildman–Crippen LogP) is 5.47. The summed E-state index contributed by atoms with van der Waals surface area (Å²) in [6.45, 7) is 11.6. The zero-order chi connectivity index (χ0) is 25.7. The second-order valence-corrected chi connectivity index (χ2v) is 10.2. The van der Waals surface area contributed by atoms with Crippen molar-refractivity contribution in [2.75, 3.05) is 31.1 Å². The molecule has 0 N–H and O–H groups in total. The van der Waals surface area contributed by atoms with Gasteiger partial charge in [-0.25, -0.2) is 19.0 Å². The van der Waals surface area contributed by atoms with Crippen LogP contribution in [0.25, 0.3) is 16.7 Å². The highest BCUT2D eigenvalue weighted by molar-refractivity contribution is 5.91. The zero-order valence-corrected chi connectivity index (χ0v) is 22.1. The maximum absolute atomic E-state index is 13.6. The summed E-state index contributed by atoms with van der Waals surface area (Å²) >= 11 is 0. The summed E-state index contributed by atoms with van der Waals surface area (Å²) in [5.41, 5.74) is 2.37. The molecule has 2 aromatic heterocycles. The number of fused-ring (bicyclic) bond motifs is 1. The first-order chi connectivity index (χ1) is 17.4. The Morgan fingerprint density at radius 1 is 1.06 bits per heavy atom. The second kappa shape index (κ2) is 11.8. The molecular formula is C28H39FN6O. The van der Waals surface area contributed by atoms with E-state index in [1.165, 1.54) is 12.1 Å². The van der Waals surface area contributed by atoms with E-state index in [4.69, 9.17) is 15.1 Å². The van der Waals surface area contributed by atoms with Gasteiger partial charge in [0.1, 0.15) is 17.5 Å². The van der Waals surface area contributed by atoms with Crippen molar-refractivity contribution in [3.05, 3.63) is 41.6 Å². The molecule has 3 aromatic rings. The highest BCUT2D eigenvalue weighted by Crippen LogP contribution is 2.30. The van der Waals surface area contributed by atoms with Crippen LogP contribution in [0.1, 0.15) is 70.8 Å². The molecule has 0 unspecified atom stereocenters. The molecule has 1 aliphatic heterocycles. The van der Waals surface area contributed by atoms with Gasteiger partial charge in [-0.2, -0.15) is 5.10 Å². The van der Waals surface area contributed by atoms with E-state index < -0.39 is 0 Å². The summed E-state index contributed by atoms with van der Waals surface area (Å²) in [6, 6.07) is 6.34. The Bertz CT molecular complexity index is 1170. The first-order valence-corrected chi connectivity index (χ1v) is 13.4. The van der Waals surface area contributed by atoms with E-state index in [1.54, 1.807) is 16.8 Å². The van der Waals surface area contributed by atoms with Crippen molar-refractivity contribution in [1.82, 2.24) is 24.6 Å². The SMILES string of the molecule is CCCCCC(=O)N1CCCN(c2nc(CCC(C)C)nc3c2c(C)nn3-c2ccc(F)cc2)CC1. The fourth-order valence-electron chi connectivity index (χ4n) is 4.79. The van der Waals surface area contributed by atoms with Crippen molar-refractivity contribution in [2.45, 2.75) is 72.6 Å². The summed E-state index contributed by atoms with van der Waals surface area (Å²) < 4.78 is 15.4. The molecular weight excluding hydrogens is 455 g/mol. The van der Waals surface area contributed by atoms with Gasteiger partial charge in [0.05, 0.1) is 16.8 Å². The molecule has 3 heterocycles. The third kappa shape index (κ3) is 6.02. The van der Waals surface area contributed by atoms with Gasteiger partial charge >= 0.3 is 0 Å². The van der Waals surface area contributed by atoms with Gasteiger partial charge in [0, 0.05) is 39.0 Å². The van der Waals surface area contributed by atoms with Gasteiger partial charge in [-0.3, -0.25) is 4.79 Å². The van der Waals surface area contributed by atoms with Crippen LogP contribution < -0.4 is 4.90 Å². The van der Waals surface area contributed by atoms with Gasteiger partial charge in [0.2, 0.25) is 5.91 Å². The molecule has 194 valence electrons. The van der Waals surface area contributed by atoms with E-state index in [0.717, 1.165) is 92.2 Å². The minimum absolute atomic E-state index is 0.260. The lowest BCUT2D eigenvalue weighted by atomic mass is 10.1. The van der Waals surface area contributed by atoms with Gasteiger partial charge in [-0.15, -0.1) is 0 Å². The van der Waals surface area contributed by atoms with Crippen molar-refractivity contribution in [3.8, 4) is 5.69 Å². The quantitative estimate of drug-likeness (QED) is 0.369. The number of nitrogens with zero attached hydrogens (tertiary/aromatic N) is 6. The molecule has 1 aliphatic rings. The standard InChI is InChI=1S/C28H39FN6O/c1-5-6-7-9-25(36)33-16-8-17-34(19-18-33)27-26-21(4)32-35(23-13-11-22(29)12-14-23)28(26)31-24(30-27)15-10-20(2)3/h11-14,20H,5-10,15-19H2,1-4H3. The molecule has 7 nitrogen and oxygen atoms in total. The Hall–Kier alpha value is -3.03. The van der Waals surface area contributed by atoms with E-state index in [-0.39, 0.29) is 11.7 Å². The number of anilines is 1. The number of carbonyl (C=O) groups is 1.